The SMILES string of the molecule is CCNc1nc(-c2cnn(CC)c2)nc2c1COCC2. The van der Waals surface area contributed by atoms with Crippen LogP contribution in [0.15, 0.2) is 12.4 Å². The van der Waals surface area contributed by atoms with Crippen LogP contribution in [0, 0.1) is 0 Å². The van der Waals surface area contributed by atoms with Crippen molar-refractivity contribution in [2.24, 2.45) is 0 Å². The van der Waals surface area contributed by atoms with Crippen molar-refractivity contribution >= 4 is 5.82 Å². The number of rotatable bonds is 4. The van der Waals surface area contributed by atoms with Gasteiger partial charge in [0.2, 0.25) is 0 Å². The van der Waals surface area contributed by atoms with Crippen LogP contribution in [0.2, 0.25) is 0 Å². The molecule has 0 saturated heterocycles. The highest BCUT2D eigenvalue weighted by atomic mass is 16.5. The van der Waals surface area contributed by atoms with Crippen LogP contribution in [0.25, 0.3) is 11.4 Å². The Morgan fingerprint density at radius 2 is 2.25 bits per heavy atom. The summed E-state index contributed by atoms with van der Waals surface area (Å²) in [5.74, 6) is 1.62. The van der Waals surface area contributed by atoms with E-state index in [4.69, 9.17) is 4.74 Å². The van der Waals surface area contributed by atoms with Crippen molar-refractivity contribution in [3.8, 4) is 11.4 Å². The molecule has 0 spiro atoms. The van der Waals surface area contributed by atoms with Crippen molar-refractivity contribution in [2.45, 2.75) is 33.4 Å². The van der Waals surface area contributed by atoms with E-state index in [9.17, 15) is 0 Å². The number of aryl methyl sites for hydroxylation is 1. The minimum Gasteiger partial charge on any atom is -0.376 e. The zero-order chi connectivity index (χ0) is 13.9. The molecule has 1 N–H and O–H groups in total. The largest absolute Gasteiger partial charge is 0.376 e. The molecule has 0 aliphatic carbocycles. The van der Waals surface area contributed by atoms with Gasteiger partial charge in [-0.15, -0.1) is 0 Å². The number of hydrogen-bond acceptors (Lipinski definition) is 5. The normalized spacial score (nSPS) is 14.1. The standard InChI is InChI=1S/C14H19N5O/c1-3-15-14-11-9-20-6-5-12(11)17-13(18-14)10-7-16-19(4-2)8-10/h7-8H,3-6,9H2,1-2H3,(H,15,17,18). The summed E-state index contributed by atoms with van der Waals surface area (Å²) in [6.45, 7) is 7.12. The zero-order valence-electron chi connectivity index (χ0n) is 11.9. The fourth-order valence-electron chi connectivity index (χ4n) is 2.33. The van der Waals surface area contributed by atoms with E-state index in [0.29, 0.717) is 6.61 Å². The molecule has 0 radical (unpaired) electrons. The minimum atomic E-state index is 0.589. The molecule has 1 aliphatic rings. The first-order chi connectivity index (χ1) is 9.81. The highest BCUT2D eigenvalue weighted by molar-refractivity contribution is 5.58. The van der Waals surface area contributed by atoms with Crippen molar-refractivity contribution < 1.29 is 4.74 Å². The molecule has 0 amide bonds. The first-order valence-corrected chi connectivity index (χ1v) is 7.06. The van der Waals surface area contributed by atoms with E-state index in [-0.39, 0.29) is 0 Å². The molecule has 2 aromatic heterocycles. The van der Waals surface area contributed by atoms with Gasteiger partial charge < -0.3 is 10.1 Å². The van der Waals surface area contributed by atoms with Gasteiger partial charge in [0.1, 0.15) is 5.82 Å². The lowest BCUT2D eigenvalue weighted by atomic mass is 10.1. The third kappa shape index (κ3) is 2.38. The second-order valence-electron chi connectivity index (χ2n) is 4.74. The molecule has 0 unspecified atom stereocenters. The van der Waals surface area contributed by atoms with Gasteiger partial charge in [0.05, 0.1) is 30.7 Å². The number of anilines is 1. The van der Waals surface area contributed by atoms with Crippen LogP contribution in [0.4, 0.5) is 5.82 Å². The van der Waals surface area contributed by atoms with E-state index in [0.717, 1.165) is 54.6 Å². The summed E-state index contributed by atoms with van der Waals surface area (Å²) in [7, 11) is 0. The fraction of sp³-hybridized carbons (Fsp3) is 0.500. The lowest BCUT2D eigenvalue weighted by Crippen LogP contribution is -2.17. The van der Waals surface area contributed by atoms with Gasteiger partial charge in [-0.2, -0.15) is 5.10 Å². The number of hydrogen-bond donors (Lipinski definition) is 1. The van der Waals surface area contributed by atoms with Gasteiger partial charge in [-0.1, -0.05) is 0 Å². The van der Waals surface area contributed by atoms with Crippen LogP contribution < -0.4 is 5.32 Å². The molecule has 3 rings (SSSR count). The third-order valence-electron chi connectivity index (χ3n) is 3.38. The summed E-state index contributed by atoms with van der Waals surface area (Å²) >= 11 is 0. The predicted molar refractivity (Wildman–Crippen MR) is 76.5 cm³/mol. The lowest BCUT2D eigenvalue weighted by Gasteiger charge is -2.19. The Bertz CT molecular complexity index is 608. The first kappa shape index (κ1) is 13.1. The Labute approximate surface area is 118 Å². The Balaban J connectivity index is 2.04. The van der Waals surface area contributed by atoms with E-state index >= 15 is 0 Å². The summed E-state index contributed by atoms with van der Waals surface area (Å²) in [4.78, 5) is 9.33. The van der Waals surface area contributed by atoms with E-state index in [1.807, 2.05) is 17.1 Å². The third-order valence-corrected chi connectivity index (χ3v) is 3.38. The van der Waals surface area contributed by atoms with Crippen molar-refractivity contribution in [1.29, 1.82) is 0 Å². The monoisotopic (exact) mass is 273 g/mol. The molecule has 0 saturated carbocycles. The minimum absolute atomic E-state index is 0.589. The Hall–Kier alpha value is -1.95. The van der Waals surface area contributed by atoms with Gasteiger partial charge in [0.15, 0.2) is 5.82 Å². The van der Waals surface area contributed by atoms with E-state index in [2.05, 4.69) is 34.2 Å². The Kier molecular flexibility index (Phi) is 3.64. The summed E-state index contributed by atoms with van der Waals surface area (Å²) in [5.41, 5.74) is 3.13. The number of nitrogens with one attached hydrogen (secondary N) is 1. The summed E-state index contributed by atoms with van der Waals surface area (Å²) in [6.07, 6.45) is 4.64. The fourth-order valence-corrected chi connectivity index (χ4v) is 2.33. The maximum absolute atomic E-state index is 5.51. The smallest absolute Gasteiger partial charge is 0.164 e. The van der Waals surface area contributed by atoms with Gasteiger partial charge in [0, 0.05) is 31.3 Å². The molecule has 106 valence electrons. The van der Waals surface area contributed by atoms with Crippen molar-refractivity contribution in [3.63, 3.8) is 0 Å². The first-order valence-electron chi connectivity index (χ1n) is 7.06. The average molecular weight is 273 g/mol. The van der Waals surface area contributed by atoms with Gasteiger partial charge in [-0.3, -0.25) is 4.68 Å². The van der Waals surface area contributed by atoms with Crippen molar-refractivity contribution in [2.75, 3.05) is 18.5 Å². The molecule has 0 atom stereocenters. The molecule has 2 aromatic rings. The van der Waals surface area contributed by atoms with Crippen molar-refractivity contribution in [3.05, 3.63) is 23.7 Å². The van der Waals surface area contributed by atoms with Crippen LogP contribution in [-0.4, -0.2) is 32.9 Å². The van der Waals surface area contributed by atoms with Crippen molar-refractivity contribution in [1.82, 2.24) is 19.7 Å². The molecule has 0 aromatic carbocycles. The van der Waals surface area contributed by atoms with Gasteiger partial charge in [-0.05, 0) is 13.8 Å². The van der Waals surface area contributed by atoms with Crippen LogP contribution in [0.5, 0.6) is 0 Å². The number of ether oxygens (including phenoxy) is 1. The van der Waals surface area contributed by atoms with E-state index < -0.39 is 0 Å². The van der Waals surface area contributed by atoms with Crippen LogP contribution in [0.3, 0.4) is 0 Å². The highest BCUT2D eigenvalue weighted by Gasteiger charge is 2.19. The molecule has 1 aliphatic heterocycles. The molecule has 6 nitrogen and oxygen atoms in total. The molecule has 6 heteroatoms. The van der Waals surface area contributed by atoms with Gasteiger partial charge >= 0.3 is 0 Å². The van der Waals surface area contributed by atoms with Gasteiger partial charge in [-0.25, -0.2) is 9.97 Å². The predicted octanol–water partition coefficient (Wildman–Crippen LogP) is 1.86. The maximum atomic E-state index is 5.51. The maximum Gasteiger partial charge on any atom is 0.164 e. The molecular formula is C14H19N5O. The molecule has 0 bridgehead atoms. The number of aromatic nitrogens is 4. The second-order valence-corrected chi connectivity index (χ2v) is 4.74. The molecule has 0 fully saturated rings. The second kappa shape index (κ2) is 5.58. The zero-order valence-corrected chi connectivity index (χ0v) is 11.9. The number of nitrogens with zero attached hydrogens (tertiary/aromatic N) is 4. The van der Waals surface area contributed by atoms with E-state index in [1.54, 1.807) is 0 Å². The van der Waals surface area contributed by atoms with Crippen LogP contribution >= 0.6 is 0 Å². The lowest BCUT2D eigenvalue weighted by molar-refractivity contribution is 0.109. The van der Waals surface area contributed by atoms with Crippen LogP contribution in [-0.2, 0) is 24.3 Å². The summed E-state index contributed by atoms with van der Waals surface area (Å²) in [5, 5.41) is 7.60. The van der Waals surface area contributed by atoms with Gasteiger partial charge in [0.25, 0.3) is 0 Å². The highest BCUT2D eigenvalue weighted by Crippen LogP contribution is 2.25. The number of fused-ring (bicyclic) bond motifs is 1. The molecule has 20 heavy (non-hydrogen) atoms. The average Bonchev–Trinajstić information content (AvgIpc) is 2.96. The van der Waals surface area contributed by atoms with Crippen LogP contribution in [0.1, 0.15) is 25.1 Å². The van der Waals surface area contributed by atoms with E-state index in [1.165, 1.54) is 0 Å². The quantitative estimate of drug-likeness (QED) is 0.921. The summed E-state index contributed by atoms with van der Waals surface area (Å²) in [6, 6.07) is 0. The topological polar surface area (TPSA) is 64.9 Å². The Morgan fingerprint density at radius 1 is 1.35 bits per heavy atom. The summed E-state index contributed by atoms with van der Waals surface area (Å²) < 4.78 is 7.40. The molecular weight excluding hydrogens is 254 g/mol. The molecule has 3 heterocycles. The Morgan fingerprint density at radius 3 is 3.00 bits per heavy atom.